The van der Waals surface area contributed by atoms with Crippen molar-refractivity contribution >= 4 is 35.8 Å². The molecule has 1 atom stereocenters. The van der Waals surface area contributed by atoms with Gasteiger partial charge in [-0.25, -0.2) is 0 Å². The molecule has 2 aromatic rings. The molecule has 0 fully saturated rings. The van der Waals surface area contributed by atoms with Crippen molar-refractivity contribution < 1.29 is 19.1 Å². The number of nitrogens with one attached hydrogen (secondary N) is 1. The highest BCUT2D eigenvalue weighted by molar-refractivity contribution is 6.05. The van der Waals surface area contributed by atoms with Crippen molar-refractivity contribution in [1.29, 1.82) is 0 Å². The molecule has 1 aliphatic heterocycles. The number of hydrogen-bond acceptors (Lipinski definition) is 5. The van der Waals surface area contributed by atoms with Crippen LogP contribution in [-0.2, 0) is 16.0 Å². The summed E-state index contributed by atoms with van der Waals surface area (Å²) >= 11 is 0. The summed E-state index contributed by atoms with van der Waals surface area (Å²) in [6.07, 6.45) is 1.86. The van der Waals surface area contributed by atoms with Crippen LogP contribution in [0.1, 0.15) is 47.7 Å². The number of nitrogens with zero attached hydrogens (tertiary/aromatic N) is 1. The second kappa shape index (κ2) is 10.6. The van der Waals surface area contributed by atoms with E-state index in [-0.39, 0.29) is 24.3 Å². The lowest BCUT2D eigenvalue weighted by Gasteiger charge is -2.26. The lowest BCUT2D eigenvalue weighted by molar-refractivity contribution is -0.165. The molecule has 0 bridgehead atoms. The number of hydrogen-bond donors (Lipinski definition) is 2. The first kappa shape index (κ1) is 23.2. The van der Waals surface area contributed by atoms with Crippen molar-refractivity contribution in [3.8, 4) is 5.75 Å². The van der Waals surface area contributed by atoms with E-state index in [1.807, 2.05) is 13.0 Å². The van der Waals surface area contributed by atoms with E-state index in [2.05, 4.69) is 10.3 Å². The fraction of sp³-hybridized carbons (Fsp3) is 0.318. The summed E-state index contributed by atoms with van der Waals surface area (Å²) in [4.78, 5) is 28.1. The number of aliphatic imine (C=N–C) groups is 1. The van der Waals surface area contributed by atoms with Crippen LogP contribution in [0.5, 0.6) is 5.75 Å². The molecule has 1 heterocycles. The number of aryl methyl sites for hydroxylation is 1. The number of anilines is 1. The number of esters is 1. The van der Waals surface area contributed by atoms with Crippen molar-refractivity contribution in [2.45, 2.75) is 38.9 Å². The van der Waals surface area contributed by atoms with E-state index in [9.17, 15) is 9.59 Å². The van der Waals surface area contributed by atoms with E-state index >= 15 is 0 Å². The number of carbonyl (C=O) groups excluding carboxylic acids is 2. The van der Waals surface area contributed by atoms with E-state index in [4.69, 9.17) is 15.2 Å². The molecule has 0 saturated carbocycles. The van der Waals surface area contributed by atoms with Gasteiger partial charge < -0.3 is 20.5 Å². The van der Waals surface area contributed by atoms with E-state index in [1.165, 1.54) is 0 Å². The SMILES string of the molecule is CCCC(=O)OC1CCc2cc(NC(=O)c3ccc(C(N)=NC)cc3)ccc2O1.Cl. The third-order valence-electron chi connectivity index (χ3n) is 4.63. The maximum Gasteiger partial charge on any atom is 0.308 e. The third-order valence-corrected chi connectivity index (χ3v) is 4.63. The second-order valence-corrected chi connectivity index (χ2v) is 6.79. The number of carbonyl (C=O) groups is 2. The van der Waals surface area contributed by atoms with Gasteiger partial charge in [0.2, 0.25) is 6.29 Å². The first-order valence-corrected chi connectivity index (χ1v) is 9.63. The van der Waals surface area contributed by atoms with Gasteiger partial charge in [0.15, 0.2) is 0 Å². The molecule has 3 rings (SSSR count). The molecule has 1 amide bonds. The predicted octanol–water partition coefficient (Wildman–Crippen LogP) is 3.69. The average Bonchev–Trinajstić information content (AvgIpc) is 2.73. The van der Waals surface area contributed by atoms with E-state index in [0.29, 0.717) is 42.1 Å². The lowest BCUT2D eigenvalue weighted by Crippen LogP contribution is -2.28. The fourth-order valence-electron chi connectivity index (χ4n) is 3.06. The molecule has 0 aliphatic carbocycles. The van der Waals surface area contributed by atoms with Gasteiger partial charge in [-0.1, -0.05) is 19.1 Å². The van der Waals surface area contributed by atoms with Gasteiger partial charge in [-0.3, -0.25) is 14.6 Å². The second-order valence-electron chi connectivity index (χ2n) is 6.79. The summed E-state index contributed by atoms with van der Waals surface area (Å²) in [6, 6.07) is 12.4. The van der Waals surface area contributed by atoms with Crippen LogP contribution in [0, 0.1) is 0 Å². The Balaban J connectivity index is 0.00000320. The third kappa shape index (κ3) is 5.73. The van der Waals surface area contributed by atoms with Crippen LogP contribution >= 0.6 is 12.4 Å². The number of halogens is 1. The molecule has 2 aromatic carbocycles. The molecule has 0 saturated heterocycles. The topological polar surface area (TPSA) is 103 Å². The number of rotatable bonds is 6. The van der Waals surface area contributed by atoms with Crippen LogP contribution in [0.4, 0.5) is 5.69 Å². The Hall–Kier alpha value is -3.06. The minimum Gasteiger partial charge on any atom is -0.454 e. The van der Waals surface area contributed by atoms with Gasteiger partial charge in [-0.05, 0) is 48.7 Å². The van der Waals surface area contributed by atoms with Gasteiger partial charge in [-0.2, -0.15) is 0 Å². The largest absolute Gasteiger partial charge is 0.454 e. The fourth-order valence-corrected chi connectivity index (χ4v) is 3.06. The summed E-state index contributed by atoms with van der Waals surface area (Å²) < 4.78 is 11.1. The molecular formula is C22H26ClN3O4. The highest BCUT2D eigenvalue weighted by Crippen LogP contribution is 2.30. The maximum atomic E-state index is 12.5. The van der Waals surface area contributed by atoms with E-state index in [0.717, 1.165) is 17.5 Å². The Labute approximate surface area is 182 Å². The first-order chi connectivity index (χ1) is 14.0. The van der Waals surface area contributed by atoms with Crippen molar-refractivity contribution in [2.75, 3.05) is 12.4 Å². The monoisotopic (exact) mass is 431 g/mol. The number of nitrogens with two attached hydrogens (primary N) is 1. The van der Waals surface area contributed by atoms with Gasteiger partial charge in [-0.15, -0.1) is 12.4 Å². The maximum absolute atomic E-state index is 12.5. The smallest absolute Gasteiger partial charge is 0.308 e. The number of benzene rings is 2. The molecule has 0 spiro atoms. The Morgan fingerprint density at radius 3 is 2.57 bits per heavy atom. The highest BCUT2D eigenvalue weighted by Gasteiger charge is 2.23. The van der Waals surface area contributed by atoms with Crippen LogP contribution in [0.3, 0.4) is 0 Å². The molecule has 1 aliphatic rings. The Morgan fingerprint density at radius 2 is 1.90 bits per heavy atom. The minimum atomic E-state index is -0.556. The number of amides is 1. The number of amidine groups is 1. The van der Waals surface area contributed by atoms with E-state index < -0.39 is 6.29 Å². The molecule has 30 heavy (non-hydrogen) atoms. The number of fused-ring (bicyclic) bond motifs is 1. The van der Waals surface area contributed by atoms with Gasteiger partial charge in [0.05, 0.1) is 0 Å². The standard InChI is InChI=1S/C22H25N3O4.ClH/c1-3-4-19(26)29-20-12-9-16-13-17(10-11-18(16)28-20)25-22(27)15-7-5-14(6-8-15)21(23)24-2;/h5-8,10-11,13,20H,3-4,9,12H2,1-2H3,(H2,23,24)(H,25,27);1H. The van der Waals surface area contributed by atoms with Gasteiger partial charge in [0, 0.05) is 36.7 Å². The van der Waals surface area contributed by atoms with Gasteiger partial charge >= 0.3 is 5.97 Å². The molecule has 0 radical (unpaired) electrons. The van der Waals surface area contributed by atoms with E-state index in [1.54, 1.807) is 43.4 Å². The lowest BCUT2D eigenvalue weighted by atomic mass is 10.0. The molecule has 3 N–H and O–H groups in total. The predicted molar refractivity (Wildman–Crippen MR) is 118 cm³/mol. The van der Waals surface area contributed by atoms with Crippen molar-refractivity contribution in [3.05, 3.63) is 59.2 Å². The first-order valence-electron chi connectivity index (χ1n) is 9.63. The zero-order valence-electron chi connectivity index (χ0n) is 17.0. The quantitative estimate of drug-likeness (QED) is 0.412. The normalized spacial score (nSPS) is 15.3. The van der Waals surface area contributed by atoms with Crippen molar-refractivity contribution in [1.82, 2.24) is 0 Å². The van der Waals surface area contributed by atoms with Crippen molar-refractivity contribution in [3.63, 3.8) is 0 Å². The van der Waals surface area contributed by atoms with Crippen molar-refractivity contribution in [2.24, 2.45) is 10.7 Å². The summed E-state index contributed by atoms with van der Waals surface area (Å²) in [5.74, 6) is 0.627. The highest BCUT2D eigenvalue weighted by atomic mass is 35.5. The Bertz CT molecular complexity index is 928. The average molecular weight is 432 g/mol. The van der Waals surface area contributed by atoms with Crippen LogP contribution < -0.4 is 15.8 Å². The van der Waals surface area contributed by atoms with Crippen LogP contribution in [0.15, 0.2) is 47.5 Å². The molecular weight excluding hydrogens is 406 g/mol. The molecule has 160 valence electrons. The summed E-state index contributed by atoms with van der Waals surface area (Å²) in [5, 5.41) is 2.89. The Kier molecular flexibility index (Phi) is 8.24. The molecule has 7 nitrogen and oxygen atoms in total. The summed E-state index contributed by atoms with van der Waals surface area (Å²) in [6.45, 7) is 1.93. The zero-order valence-corrected chi connectivity index (χ0v) is 17.8. The molecule has 1 unspecified atom stereocenters. The minimum absolute atomic E-state index is 0. The molecule has 0 aromatic heterocycles. The zero-order chi connectivity index (χ0) is 20.8. The van der Waals surface area contributed by atoms with Crippen LogP contribution in [-0.4, -0.2) is 31.0 Å². The summed E-state index contributed by atoms with van der Waals surface area (Å²) in [5.41, 5.74) is 8.70. The summed E-state index contributed by atoms with van der Waals surface area (Å²) in [7, 11) is 1.62. The van der Waals surface area contributed by atoms with Crippen LogP contribution in [0.2, 0.25) is 0 Å². The molecule has 8 heteroatoms. The number of ether oxygens (including phenoxy) is 2. The van der Waals surface area contributed by atoms with Gasteiger partial charge in [0.1, 0.15) is 11.6 Å². The Morgan fingerprint density at radius 1 is 1.20 bits per heavy atom. The van der Waals surface area contributed by atoms with Crippen LogP contribution in [0.25, 0.3) is 0 Å². The van der Waals surface area contributed by atoms with Gasteiger partial charge in [0.25, 0.3) is 5.91 Å².